The van der Waals surface area contributed by atoms with Crippen molar-refractivity contribution in [3.8, 4) is 0 Å². The van der Waals surface area contributed by atoms with Crippen molar-refractivity contribution >= 4 is 11.7 Å². The molecule has 0 fully saturated rings. The van der Waals surface area contributed by atoms with Crippen LogP contribution in [0.4, 0.5) is 0 Å². The van der Waals surface area contributed by atoms with Gasteiger partial charge in [0.05, 0.1) is 12.1 Å². The van der Waals surface area contributed by atoms with Crippen molar-refractivity contribution < 1.29 is 14.7 Å². The number of nitrogens with two attached hydrogens (primary N) is 1. The molecular formula is C16H34N4O3. The van der Waals surface area contributed by atoms with Crippen LogP contribution in [-0.2, 0) is 9.59 Å². The Hall–Kier alpha value is -1.02. The minimum atomic E-state index is -1.05. The molecule has 0 saturated carbocycles. The molecule has 0 saturated heterocycles. The van der Waals surface area contributed by atoms with Gasteiger partial charge in [0.15, 0.2) is 12.1 Å². The van der Waals surface area contributed by atoms with Gasteiger partial charge in [-0.05, 0) is 31.8 Å². The molecule has 136 valence electrons. The summed E-state index contributed by atoms with van der Waals surface area (Å²) in [6.45, 7) is 10.7. The van der Waals surface area contributed by atoms with Crippen LogP contribution < -0.4 is 21.7 Å². The second-order valence-electron chi connectivity index (χ2n) is 6.44. The summed E-state index contributed by atoms with van der Waals surface area (Å²) < 4.78 is 0. The van der Waals surface area contributed by atoms with Crippen molar-refractivity contribution in [1.29, 1.82) is 0 Å². The lowest BCUT2D eigenvalue weighted by Crippen LogP contribution is -2.53. The van der Waals surface area contributed by atoms with Gasteiger partial charge < -0.3 is 15.7 Å². The highest BCUT2D eigenvalue weighted by Crippen LogP contribution is 2.10. The quantitative estimate of drug-likeness (QED) is 0.253. The summed E-state index contributed by atoms with van der Waals surface area (Å²) in [6.07, 6.45) is 0.236. The van der Waals surface area contributed by atoms with E-state index >= 15 is 0 Å². The minimum absolute atomic E-state index is 0.0465. The Bertz CT molecular complexity index is 359. The third-order valence-electron chi connectivity index (χ3n) is 3.63. The number of likely N-dealkylation sites (N-methyl/N-ethyl adjacent to an activating group) is 1. The van der Waals surface area contributed by atoms with Crippen LogP contribution in [0.1, 0.15) is 47.5 Å². The summed E-state index contributed by atoms with van der Waals surface area (Å²) in [5.74, 6) is -0.176. The normalized spacial score (nSPS) is 15.5. The van der Waals surface area contributed by atoms with Crippen LogP contribution in [0.25, 0.3) is 0 Å². The molecule has 0 aromatic heterocycles. The Labute approximate surface area is 139 Å². The Kier molecular flexibility index (Phi) is 11.0. The van der Waals surface area contributed by atoms with E-state index in [0.29, 0.717) is 25.9 Å². The van der Waals surface area contributed by atoms with Gasteiger partial charge in [-0.15, -0.1) is 0 Å². The van der Waals surface area contributed by atoms with Crippen LogP contribution in [0.5, 0.6) is 0 Å². The number of hydrogen-bond donors (Lipinski definition) is 5. The van der Waals surface area contributed by atoms with E-state index < -0.39 is 12.4 Å². The Morgan fingerprint density at radius 1 is 1.13 bits per heavy atom. The largest absolute Gasteiger partial charge is 0.366 e. The van der Waals surface area contributed by atoms with E-state index in [1.807, 2.05) is 34.6 Å². The number of Topliss-reactive ketones (excluding diaryl/α,β-unsaturated/α-hetero) is 1. The van der Waals surface area contributed by atoms with Gasteiger partial charge in [-0.1, -0.05) is 34.6 Å². The molecule has 0 aromatic carbocycles. The summed E-state index contributed by atoms with van der Waals surface area (Å²) in [5.41, 5.74) is 5.20. The van der Waals surface area contributed by atoms with E-state index in [-0.39, 0.29) is 29.6 Å². The van der Waals surface area contributed by atoms with Crippen molar-refractivity contribution in [2.75, 3.05) is 13.1 Å². The molecule has 0 aliphatic heterocycles. The van der Waals surface area contributed by atoms with Crippen LogP contribution in [-0.4, -0.2) is 48.3 Å². The van der Waals surface area contributed by atoms with Gasteiger partial charge in [0.2, 0.25) is 5.91 Å². The smallest absolute Gasteiger partial charge is 0.237 e. The van der Waals surface area contributed by atoms with E-state index in [9.17, 15) is 9.59 Å². The highest BCUT2D eigenvalue weighted by atomic mass is 16.3. The zero-order valence-corrected chi connectivity index (χ0v) is 15.1. The minimum Gasteiger partial charge on any atom is -0.366 e. The van der Waals surface area contributed by atoms with Crippen molar-refractivity contribution in [3.05, 3.63) is 0 Å². The molecule has 1 unspecified atom stereocenters. The molecule has 0 spiro atoms. The highest BCUT2D eigenvalue weighted by Gasteiger charge is 2.28. The van der Waals surface area contributed by atoms with Gasteiger partial charge in [-0.2, -0.15) is 0 Å². The molecule has 0 aliphatic carbocycles. The number of carbonyl (C=O) groups excluding carboxylic acids is 2. The number of hydrogen-bond acceptors (Lipinski definition) is 6. The monoisotopic (exact) mass is 330 g/mol. The van der Waals surface area contributed by atoms with E-state index in [1.165, 1.54) is 0 Å². The molecule has 0 bridgehead atoms. The summed E-state index contributed by atoms with van der Waals surface area (Å²) in [6, 6.07) is -0.828. The van der Waals surface area contributed by atoms with Crippen LogP contribution in [0.3, 0.4) is 0 Å². The molecule has 7 heteroatoms. The predicted molar refractivity (Wildman–Crippen MR) is 91.5 cm³/mol. The summed E-state index contributed by atoms with van der Waals surface area (Å²) in [4.78, 5) is 24.7. The van der Waals surface area contributed by atoms with Gasteiger partial charge in [-0.25, -0.2) is 0 Å². The molecule has 0 rings (SSSR count). The lowest BCUT2D eigenvalue weighted by Gasteiger charge is -2.26. The van der Waals surface area contributed by atoms with Gasteiger partial charge in [-0.3, -0.25) is 20.6 Å². The first-order valence-electron chi connectivity index (χ1n) is 8.45. The number of aliphatic hydroxyl groups is 1. The van der Waals surface area contributed by atoms with E-state index in [0.717, 1.165) is 0 Å². The third-order valence-corrected chi connectivity index (χ3v) is 3.63. The molecule has 0 radical (unpaired) electrons. The number of ketones is 1. The van der Waals surface area contributed by atoms with Gasteiger partial charge in [0.25, 0.3) is 0 Å². The average molecular weight is 330 g/mol. The maximum atomic E-state index is 12.5. The lowest BCUT2D eigenvalue weighted by molar-refractivity contribution is -0.131. The molecule has 0 heterocycles. The van der Waals surface area contributed by atoms with Crippen LogP contribution in [0.15, 0.2) is 0 Å². The SMILES string of the molecule is CCN[C@@H](CCCNC(N)O)C(=O)N[C@H](C(=O)C(C)C)C(C)C. The summed E-state index contributed by atoms with van der Waals surface area (Å²) in [5, 5.41) is 17.7. The predicted octanol–water partition coefficient (Wildman–Crippen LogP) is -0.0652. The van der Waals surface area contributed by atoms with Crippen LogP contribution >= 0.6 is 0 Å². The number of rotatable bonds is 12. The first kappa shape index (κ1) is 22.0. The number of amides is 1. The van der Waals surface area contributed by atoms with Crippen LogP contribution in [0, 0.1) is 11.8 Å². The maximum absolute atomic E-state index is 12.5. The second kappa shape index (κ2) is 11.5. The van der Waals surface area contributed by atoms with Crippen molar-refractivity contribution in [2.45, 2.75) is 65.9 Å². The first-order chi connectivity index (χ1) is 10.7. The van der Waals surface area contributed by atoms with Gasteiger partial charge in [0.1, 0.15) is 0 Å². The summed E-state index contributed by atoms with van der Waals surface area (Å²) >= 11 is 0. The van der Waals surface area contributed by atoms with E-state index in [2.05, 4.69) is 16.0 Å². The average Bonchev–Trinajstić information content (AvgIpc) is 2.46. The zero-order valence-electron chi connectivity index (χ0n) is 15.1. The number of carbonyl (C=O) groups is 2. The Morgan fingerprint density at radius 3 is 2.17 bits per heavy atom. The van der Waals surface area contributed by atoms with Gasteiger partial charge in [0, 0.05) is 5.92 Å². The second-order valence-corrected chi connectivity index (χ2v) is 6.44. The highest BCUT2D eigenvalue weighted by molar-refractivity contribution is 5.92. The zero-order chi connectivity index (χ0) is 18.0. The topological polar surface area (TPSA) is 116 Å². The summed E-state index contributed by atoms with van der Waals surface area (Å²) in [7, 11) is 0. The van der Waals surface area contributed by atoms with Crippen molar-refractivity contribution in [1.82, 2.24) is 16.0 Å². The maximum Gasteiger partial charge on any atom is 0.237 e. The van der Waals surface area contributed by atoms with E-state index in [1.54, 1.807) is 0 Å². The standard InChI is InChI=1S/C16H34N4O3/c1-6-18-12(8-7-9-19-16(17)23)15(22)20-13(10(2)3)14(21)11(4)5/h10-13,16,18-19,23H,6-9,17H2,1-5H3,(H,20,22)/t12-,13-,16?/m0/s1. The molecular weight excluding hydrogens is 296 g/mol. The number of aliphatic hydroxyl groups excluding tert-OH is 1. The van der Waals surface area contributed by atoms with E-state index in [4.69, 9.17) is 10.8 Å². The molecule has 0 aromatic rings. The molecule has 7 nitrogen and oxygen atoms in total. The molecule has 0 aliphatic rings. The van der Waals surface area contributed by atoms with Crippen molar-refractivity contribution in [2.24, 2.45) is 17.6 Å². The first-order valence-corrected chi connectivity index (χ1v) is 8.45. The fraction of sp³-hybridized carbons (Fsp3) is 0.875. The molecule has 6 N–H and O–H groups in total. The fourth-order valence-electron chi connectivity index (χ4n) is 2.31. The van der Waals surface area contributed by atoms with Crippen molar-refractivity contribution in [3.63, 3.8) is 0 Å². The third kappa shape index (κ3) is 9.00. The molecule has 1 amide bonds. The molecule has 23 heavy (non-hydrogen) atoms. The van der Waals surface area contributed by atoms with Gasteiger partial charge >= 0.3 is 0 Å². The molecule has 3 atom stereocenters. The number of nitrogens with one attached hydrogen (secondary N) is 3. The Balaban J connectivity index is 4.64. The Morgan fingerprint density at radius 2 is 1.74 bits per heavy atom. The van der Waals surface area contributed by atoms with Crippen LogP contribution in [0.2, 0.25) is 0 Å². The lowest BCUT2D eigenvalue weighted by atomic mass is 9.92. The fourth-order valence-corrected chi connectivity index (χ4v) is 2.31.